The van der Waals surface area contributed by atoms with Crippen LogP contribution in [0.1, 0.15) is 21.5 Å². The first-order chi connectivity index (χ1) is 9.69. The number of hydrogen-bond acceptors (Lipinski definition) is 2. The number of hydrogen-bond donors (Lipinski definition) is 2. The van der Waals surface area contributed by atoms with E-state index in [1.54, 1.807) is 18.2 Å². The van der Waals surface area contributed by atoms with Gasteiger partial charge in [-0.05, 0) is 41.8 Å². The van der Waals surface area contributed by atoms with E-state index >= 15 is 0 Å². The number of halogens is 1. The van der Waals surface area contributed by atoms with Crippen molar-refractivity contribution in [3.05, 3.63) is 71.0 Å². The van der Waals surface area contributed by atoms with Crippen LogP contribution in [0, 0.1) is 5.82 Å². The lowest BCUT2D eigenvalue weighted by Crippen LogP contribution is -2.25. The Bertz CT molecular complexity index is 581. The molecule has 4 heteroatoms. The summed E-state index contributed by atoms with van der Waals surface area (Å²) >= 11 is 0. The Labute approximate surface area is 117 Å². The highest BCUT2D eigenvalue weighted by molar-refractivity contribution is 5.94. The van der Waals surface area contributed by atoms with E-state index in [9.17, 15) is 9.18 Å². The molecule has 0 aliphatic rings. The van der Waals surface area contributed by atoms with Crippen LogP contribution in [-0.4, -0.2) is 12.5 Å². The predicted molar refractivity (Wildman–Crippen MR) is 76.8 cm³/mol. The normalized spacial score (nSPS) is 10.3. The third-order valence-corrected chi connectivity index (χ3v) is 3.04. The molecule has 0 bridgehead atoms. The van der Waals surface area contributed by atoms with E-state index < -0.39 is 0 Å². The molecule has 3 N–H and O–H groups in total. The van der Waals surface area contributed by atoms with Crippen molar-refractivity contribution in [3.8, 4) is 0 Å². The molecule has 0 spiro atoms. The Kier molecular flexibility index (Phi) is 4.85. The Balaban J connectivity index is 1.85. The van der Waals surface area contributed by atoms with Crippen molar-refractivity contribution in [1.29, 1.82) is 0 Å². The third kappa shape index (κ3) is 3.90. The number of rotatable bonds is 5. The van der Waals surface area contributed by atoms with Crippen molar-refractivity contribution in [2.75, 3.05) is 6.54 Å². The zero-order chi connectivity index (χ0) is 14.4. The Morgan fingerprint density at radius 3 is 2.50 bits per heavy atom. The maximum atomic E-state index is 13.0. The lowest BCUT2D eigenvalue weighted by molar-refractivity contribution is 0.0954. The number of carbonyl (C=O) groups is 1. The molecule has 104 valence electrons. The number of nitrogens with two attached hydrogens (primary N) is 1. The monoisotopic (exact) mass is 272 g/mol. The van der Waals surface area contributed by atoms with Crippen molar-refractivity contribution in [3.63, 3.8) is 0 Å². The summed E-state index contributed by atoms with van der Waals surface area (Å²) in [7, 11) is 0. The Morgan fingerprint density at radius 1 is 1.10 bits per heavy atom. The molecule has 2 aromatic rings. The summed E-state index contributed by atoms with van der Waals surface area (Å²) in [6.45, 7) is 0.933. The molecule has 0 saturated carbocycles. The van der Waals surface area contributed by atoms with E-state index in [1.807, 2.05) is 18.2 Å². The fraction of sp³-hybridized carbons (Fsp3) is 0.188. The van der Waals surface area contributed by atoms with Crippen LogP contribution in [0.5, 0.6) is 0 Å². The van der Waals surface area contributed by atoms with Gasteiger partial charge in [-0.2, -0.15) is 0 Å². The molecular weight excluding hydrogens is 255 g/mol. The number of carbonyl (C=O) groups excluding carboxylic acids is 1. The molecule has 0 unspecified atom stereocenters. The minimum atomic E-state index is -0.258. The second-order valence-corrected chi connectivity index (χ2v) is 4.54. The highest BCUT2D eigenvalue weighted by Gasteiger charge is 2.04. The molecule has 0 aliphatic carbocycles. The molecule has 2 aromatic carbocycles. The number of nitrogens with one attached hydrogen (secondary N) is 1. The second kappa shape index (κ2) is 6.82. The zero-order valence-corrected chi connectivity index (χ0v) is 11.1. The van der Waals surface area contributed by atoms with Crippen LogP contribution in [0.3, 0.4) is 0 Å². The van der Waals surface area contributed by atoms with Gasteiger partial charge in [0.1, 0.15) is 5.82 Å². The number of amides is 1. The maximum Gasteiger partial charge on any atom is 0.251 e. The third-order valence-electron chi connectivity index (χ3n) is 3.04. The highest BCUT2D eigenvalue weighted by Crippen LogP contribution is 2.05. The standard InChI is InChI=1S/C16H17FN2O/c17-15-3-1-2-12(10-15)8-9-19-16(20)14-6-4-13(11-18)5-7-14/h1-7,10H,8-9,11,18H2,(H,19,20). The SMILES string of the molecule is NCc1ccc(C(=O)NCCc2cccc(F)c2)cc1. The van der Waals surface area contributed by atoms with Gasteiger partial charge in [0.15, 0.2) is 0 Å². The fourth-order valence-electron chi connectivity index (χ4n) is 1.91. The smallest absolute Gasteiger partial charge is 0.251 e. The zero-order valence-electron chi connectivity index (χ0n) is 11.1. The van der Waals surface area contributed by atoms with Crippen molar-refractivity contribution in [2.45, 2.75) is 13.0 Å². The summed E-state index contributed by atoms with van der Waals surface area (Å²) in [4.78, 5) is 11.9. The van der Waals surface area contributed by atoms with Gasteiger partial charge in [0.25, 0.3) is 5.91 Å². The van der Waals surface area contributed by atoms with E-state index in [1.165, 1.54) is 12.1 Å². The highest BCUT2D eigenvalue weighted by atomic mass is 19.1. The van der Waals surface area contributed by atoms with Crippen LogP contribution in [0.25, 0.3) is 0 Å². The van der Waals surface area contributed by atoms with Gasteiger partial charge in [0, 0.05) is 18.7 Å². The van der Waals surface area contributed by atoms with E-state index in [0.29, 0.717) is 25.1 Å². The second-order valence-electron chi connectivity index (χ2n) is 4.54. The molecule has 0 aromatic heterocycles. The molecule has 0 radical (unpaired) electrons. The van der Waals surface area contributed by atoms with Gasteiger partial charge in [-0.15, -0.1) is 0 Å². The quantitative estimate of drug-likeness (QED) is 0.877. The molecular formula is C16H17FN2O. The minimum Gasteiger partial charge on any atom is -0.352 e. The molecule has 0 saturated heterocycles. The molecule has 20 heavy (non-hydrogen) atoms. The van der Waals surface area contributed by atoms with Gasteiger partial charge in [-0.25, -0.2) is 4.39 Å². The molecule has 1 amide bonds. The van der Waals surface area contributed by atoms with Gasteiger partial charge in [0.05, 0.1) is 0 Å². The van der Waals surface area contributed by atoms with Crippen LogP contribution in [0.2, 0.25) is 0 Å². The van der Waals surface area contributed by atoms with E-state index in [0.717, 1.165) is 11.1 Å². The Hall–Kier alpha value is -2.20. The summed E-state index contributed by atoms with van der Waals surface area (Å²) in [5, 5.41) is 2.81. The van der Waals surface area contributed by atoms with Crippen LogP contribution in [0.15, 0.2) is 48.5 Å². The first-order valence-electron chi connectivity index (χ1n) is 6.50. The molecule has 2 rings (SSSR count). The van der Waals surface area contributed by atoms with Gasteiger partial charge in [-0.1, -0.05) is 24.3 Å². The molecule has 0 fully saturated rings. The van der Waals surface area contributed by atoms with Crippen LogP contribution in [-0.2, 0) is 13.0 Å². The van der Waals surface area contributed by atoms with E-state index in [-0.39, 0.29) is 11.7 Å². The van der Waals surface area contributed by atoms with Gasteiger partial charge in [0.2, 0.25) is 0 Å². The minimum absolute atomic E-state index is 0.134. The lowest BCUT2D eigenvalue weighted by atomic mass is 10.1. The van der Waals surface area contributed by atoms with Crippen molar-refractivity contribution >= 4 is 5.91 Å². The first-order valence-corrected chi connectivity index (χ1v) is 6.50. The van der Waals surface area contributed by atoms with E-state index in [4.69, 9.17) is 5.73 Å². The predicted octanol–water partition coefficient (Wildman–Crippen LogP) is 2.26. The topological polar surface area (TPSA) is 55.1 Å². The molecule has 0 aliphatic heterocycles. The summed E-state index contributed by atoms with van der Waals surface area (Å²) in [5.41, 5.74) is 7.95. The number of benzene rings is 2. The average Bonchev–Trinajstić information content (AvgIpc) is 2.47. The molecule has 0 atom stereocenters. The van der Waals surface area contributed by atoms with E-state index in [2.05, 4.69) is 5.32 Å². The van der Waals surface area contributed by atoms with Crippen molar-refractivity contribution < 1.29 is 9.18 Å². The van der Waals surface area contributed by atoms with Gasteiger partial charge in [-0.3, -0.25) is 4.79 Å². The summed E-state index contributed by atoms with van der Waals surface area (Å²) in [6.07, 6.45) is 0.602. The summed E-state index contributed by atoms with van der Waals surface area (Å²) < 4.78 is 13.0. The largest absolute Gasteiger partial charge is 0.352 e. The Morgan fingerprint density at radius 2 is 1.85 bits per heavy atom. The first kappa shape index (κ1) is 14.2. The fourth-order valence-corrected chi connectivity index (χ4v) is 1.91. The lowest BCUT2D eigenvalue weighted by Gasteiger charge is -2.06. The summed E-state index contributed by atoms with van der Waals surface area (Å²) in [5.74, 6) is -0.392. The maximum absolute atomic E-state index is 13.0. The van der Waals surface area contributed by atoms with Crippen LogP contribution >= 0.6 is 0 Å². The average molecular weight is 272 g/mol. The van der Waals surface area contributed by atoms with Crippen molar-refractivity contribution in [1.82, 2.24) is 5.32 Å². The molecule has 0 heterocycles. The van der Waals surface area contributed by atoms with Gasteiger partial charge >= 0.3 is 0 Å². The molecule has 3 nitrogen and oxygen atoms in total. The van der Waals surface area contributed by atoms with Crippen LogP contribution in [0.4, 0.5) is 4.39 Å². The van der Waals surface area contributed by atoms with Crippen LogP contribution < -0.4 is 11.1 Å². The van der Waals surface area contributed by atoms with Gasteiger partial charge < -0.3 is 11.1 Å². The summed E-state index contributed by atoms with van der Waals surface area (Å²) in [6, 6.07) is 13.6. The van der Waals surface area contributed by atoms with Crippen molar-refractivity contribution in [2.24, 2.45) is 5.73 Å².